The summed E-state index contributed by atoms with van der Waals surface area (Å²) in [5, 5.41) is 12.3. The lowest BCUT2D eigenvalue weighted by atomic mass is 10.1. The topological polar surface area (TPSA) is 79.2 Å². The highest BCUT2D eigenvalue weighted by atomic mass is 35.5. The summed E-state index contributed by atoms with van der Waals surface area (Å²) in [5.74, 6) is -0.275. The van der Waals surface area contributed by atoms with Gasteiger partial charge in [0.15, 0.2) is 0 Å². The molecule has 0 saturated heterocycles. The molecular formula is C17H13Cl2N3O3. The fourth-order valence-electron chi connectivity index (χ4n) is 2.60. The summed E-state index contributed by atoms with van der Waals surface area (Å²) in [4.78, 5) is 27.7. The number of nitro benzene ring substituents is 1. The van der Waals surface area contributed by atoms with Crippen molar-refractivity contribution in [2.75, 3.05) is 7.05 Å². The zero-order valence-corrected chi connectivity index (χ0v) is 14.6. The summed E-state index contributed by atoms with van der Waals surface area (Å²) in [6, 6.07) is 9.59. The molecule has 0 unspecified atom stereocenters. The highest BCUT2D eigenvalue weighted by Gasteiger charge is 2.19. The molecular weight excluding hydrogens is 365 g/mol. The van der Waals surface area contributed by atoms with Gasteiger partial charge >= 0.3 is 0 Å². The zero-order chi connectivity index (χ0) is 18.1. The summed E-state index contributed by atoms with van der Waals surface area (Å²) < 4.78 is 0. The Balaban J connectivity index is 1.92. The first-order valence-corrected chi connectivity index (χ1v) is 8.08. The molecule has 128 valence electrons. The molecule has 0 radical (unpaired) electrons. The van der Waals surface area contributed by atoms with Gasteiger partial charge in [0.05, 0.1) is 20.5 Å². The van der Waals surface area contributed by atoms with Gasteiger partial charge in [-0.15, -0.1) is 0 Å². The molecule has 1 aromatic heterocycles. The van der Waals surface area contributed by atoms with Crippen LogP contribution in [0.15, 0.2) is 42.6 Å². The van der Waals surface area contributed by atoms with E-state index in [1.165, 1.54) is 17.0 Å². The number of carbonyl (C=O) groups is 1. The molecule has 3 aromatic rings. The van der Waals surface area contributed by atoms with Gasteiger partial charge in [-0.25, -0.2) is 0 Å². The van der Waals surface area contributed by atoms with E-state index in [1.807, 2.05) is 0 Å². The molecule has 0 spiro atoms. The lowest BCUT2D eigenvalue weighted by Gasteiger charge is -2.18. The number of amides is 1. The predicted molar refractivity (Wildman–Crippen MR) is 97.2 cm³/mol. The van der Waals surface area contributed by atoms with Crippen molar-refractivity contribution in [3.8, 4) is 0 Å². The van der Waals surface area contributed by atoms with Gasteiger partial charge in [-0.05, 0) is 17.7 Å². The maximum atomic E-state index is 12.8. The molecule has 1 N–H and O–H groups in total. The van der Waals surface area contributed by atoms with Crippen molar-refractivity contribution < 1.29 is 9.72 Å². The summed E-state index contributed by atoms with van der Waals surface area (Å²) in [6.45, 7) is 0.264. The van der Waals surface area contributed by atoms with Crippen molar-refractivity contribution in [1.82, 2.24) is 9.88 Å². The molecule has 1 amide bonds. The normalized spacial score (nSPS) is 10.8. The molecule has 0 bridgehead atoms. The van der Waals surface area contributed by atoms with Crippen LogP contribution in [0.4, 0.5) is 5.69 Å². The van der Waals surface area contributed by atoms with Crippen molar-refractivity contribution in [3.63, 3.8) is 0 Å². The number of non-ortho nitro benzene ring substituents is 1. The summed E-state index contributed by atoms with van der Waals surface area (Å²) in [7, 11) is 1.63. The molecule has 0 aliphatic carbocycles. The van der Waals surface area contributed by atoms with E-state index in [0.29, 0.717) is 26.5 Å². The third-order valence-electron chi connectivity index (χ3n) is 3.89. The summed E-state index contributed by atoms with van der Waals surface area (Å²) in [5.41, 5.74) is 1.67. The summed E-state index contributed by atoms with van der Waals surface area (Å²) >= 11 is 12.2. The van der Waals surface area contributed by atoms with Crippen LogP contribution in [0, 0.1) is 10.1 Å². The maximum absolute atomic E-state index is 12.8. The molecule has 0 aliphatic heterocycles. The fourth-order valence-corrected chi connectivity index (χ4v) is 2.98. The number of hydrogen-bond acceptors (Lipinski definition) is 3. The lowest BCUT2D eigenvalue weighted by Crippen LogP contribution is -2.26. The van der Waals surface area contributed by atoms with Gasteiger partial charge in [0.25, 0.3) is 11.6 Å². The number of benzene rings is 2. The molecule has 6 nitrogen and oxygen atoms in total. The number of nitro groups is 1. The van der Waals surface area contributed by atoms with Gasteiger partial charge in [-0.1, -0.05) is 35.3 Å². The Bertz CT molecular complexity index is 984. The predicted octanol–water partition coefficient (Wildman–Crippen LogP) is 4.66. The highest BCUT2D eigenvalue weighted by molar-refractivity contribution is 6.42. The molecule has 8 heteroatoms. The van der Waals surface area contributed by atoms with Crippen LogP contribution in [0.1, 0.15) is 15.9 Å². The highest BCUT2D eigenvalue weighted by Crippen LogP contribution is 2.28. The van der Waals surface area contributed by atoms with Crippen LogP contribution in [0.25, 0.3) is 10.9 Å². The van der Waals surface area contributed by atoms with Crippen LogP contribution < -0.4 is 0 Å². The van der Waals surface area contributed by atoms with E-state index in [9.17, 15) is 14.9 Å². The average molecular weight is 378 g/mol. The number of H-pyrrole nitrogens is 1. The van der Waals surface area contributed by atoms with Crippen LogP contribution >= 0.6 is 23.2 Å². The number of hydrogen-bond donors (Lipinski definition) is 1. The number of aromatic nitrogens is 1. The second kappa shape index (κ2) is 6.74. The maximum Gasteiger partial charge on any atom is 0.270 e. The van der Waals surface area contributed by atoms with Crippen LogP contribution in [0.5, 0.6) is 0 Å². The first-order valence-electron chi connectivity index (χ1n) is 7.32. The number of rotatable bonds is 4. The SMILES string of the molecule is CN(Cc1cccc(Cl)c1Cl)C(=O)c1c[nH]c2ccc([N+](=O)[O-])cc12. The largest absolute Gasteiger partial charge is 0.360 e. The van der Waals surface area contributed by atoms with E-state index in [-0.39, 0.29) is 18.1 Å². The van der Waals surface area contributed by atoms with Crippen LogP contribution in [-0.4, -0.2) is 27.8 Å². The third kappa shape index (κ3) is 3.31. The Morgan fingerprint density at radius 3 is 2.76 bits per heavy atom. The number of carbonyl (C=O) groups excluding carboxylic acids is 1. The Kier molecular flexibility index (Phi) is 4.65. The van der Waals surface area contributed by atoms with Gasteiger partial charge in [-0.3, -0.25) is 14.9 Å². The molecule has 3 rings (SSSR count). The smallest absolute Gasteiger partial charge is 0.270 e. The van der Waals surface area contributed by atoms with Crippen molar-refractivity contribution >= 4 is 45.7 Å². The number of aromatic amines is 1. The van der Waals surface area contributed by atoms with Crippen LogP contribution in [0.3, 0.4) is 0 Å². The second-order valence-electron chi connectivity index (χ2n) is 5.56. The van der Waals surface area contributed by atoms with Crippen molar-refractivity contribution in [2.24, 2.45) is 0 Å². The number of halogens is 2. The van der Waals surface area contributed by atoms with Gasteiger partial charge in [-0.2, -0.15) is 0 Å². The van der Waals surface area contributed by atoms with Gasteiger partial charge in [0, 0.05) is 42.8 Å². The van der Waals surface area contributed by atoms with Crippen molar-refractivity contribution in [3.05, 3.63) is 73.9 Å². The standard InChI is InChI=1S/C17H13Cl2N3O3/c1-21(9-10-3-2-4-14(18)16(10)19)17(23)13-8-20-15-6-5-11(22(24)25)7-12(13)15/h2-8,20H,9H2,1H3. The van der Waals surface area contributed by atoms with Crippen molar-refractivity contribution in [1.29, 1.82) is 0 Å². The molecule has 0 atom stereocenters. The van der Waals surface area contributed by atoms with E-state index in [2.05, 4.69) is 4.98 Å². The fraction of sp³-hybridized carbons (Fsp3) is 0.118. The number of nitrogens with zero attached hydrogens (tertiary/aromatic N) is 2. The van der Waals surface area contributed by atoms with Gasteiger partial charge in [0.1, 0.15) is 0 Å². The molecule has 0 aliphatic rings. The molecule has 2 aromatic carbocycles. The minimum Gasteiger partial charge on any atom is -0.360 e. The second-order valence-corrected chi connectivity index (χ2v) is 6.35. The first kappa shape index (κ1) is 17.3. The molecule has 1 heterocycles. The molecule has 25 heavy (non-hydrogen) atoms. The van der Waals surface area contributed by atoms with Crippen molar-refractivity contribution in [2.45, 2.75) is 6.54 Å². The van der Waals surface area contributed by atoms with Crippen LogP contribution in [-0.2, 0) is 6.54 Å². The number of fused-ring (bicyclic) bond motifs is 1. The Hall–Kier alpha value is -2.57. The Labute approximate surface area is 153 Å². The Morgan fingerprint density at radius 2 is 2.04 bits per heavy atom. The summed E-state index contributed by atoms with van der Waals surface area (Å²) in [6.07, 6.45) is 1.55. The first-order chi connectivity index (χ1) is 11.9. The van der Waals surface area contributed by atoms with E-state index in [0.717, 1.165) is 5.56 Å². The van der Waals surface area contributed by atoms with E-state index < -0.39 is 4.92 Å². The average Bonchev–Trinajstić information content (AvgIpc) is 3.01. The third-order valence-corrected chi connectivity index (χ3v) is 4.75. The van der Waals surface area contributed by atoms with Gasteiger partial charge in [0.2, 0.25) is 0 Å². The molecule has 0 saturated carbocycles. The van der Waals surface area contributed by atoms with Crippen LogP contribution in [0.2, 0.25) is 10.0 Å². The minimum atomic E-state index is -0.490. The van der Waals surface area contributed by atoms with E-state index >= 15 is 0 Å². The Morgan fingerprint density at radius 1 is 1.28 bits per heavy atom. The lowest BCUT2D eigenvalue weighted by molar-refractivity contribution is -0.384. The number of nitrogens with one attached hydrogen (secondary N) is 1. The zero-order valence-electron chi connectivity index (χ0n) is 13.1. The van der Waals surface area contributed by atoms with E-state index in [1.54, 1.807) is 37.5 Å². The van der Waals surface area contributed by atoms with Gasteiger partial charge < -0.3 is 9.88 Å². The van der Waals surface area contributed by atoms with E-state index in [4.69, 9.17) is 23.2 Å². The monoisotopic (exact) mass is 377 g/mol. The quantitative estimate of drug-likeness (QED) is 0.530. The molecule has 0 fully saturated rings. The minimum absolute atomic E-state index is 0.0679.